The highest BCUT2D eigenvalue weighted by atomic mass is 19.1. The van der Waals surface area contributed by atoms with Gasteiger partial charge in [0.05, 0.1) is 23.0 Å². The number of pyridine rings is 1. The van der Waals surface area contributed by atoms with Crippen LogP contribution in [0.4, 0.5) is 4.39 Å². The maximum absolute atomic E-state index is 13.0. The van der Waals surface area contributed by atoms with Crippen LogP contribution >= 0.6 is 0 Å². The average molecular weight is 369 g/mol. The SMILES string of the molecule is O=C(N/N=C/c1ccc(F)cc1)c1cc(-c2ccccc2)nc2ccccc12. The lowest BCUT2D eigenvalue weighted by Gasteiger charge is -2.09. The molecule has 0 atom stereocenters. The number of nitrogens with zero attached hydrogens (tertiary/aromatic N) is 2. The molecule has 0 fully saturated rings. The topological polar surface area (TPSA) is 54.4 Å². The van der Waals surface area contributed by atoms with E-state index >= 15 is 0 Å². The fraction of sp³-hybridized carbons (Fsp3) is 0. The van der Waals surface area contributed by atoms with E-state index in [0.29, 0.717) is 16.8 Å². The van der Waals surface area contributed by atoms with E-state index in [1.54, 1.807) is 18.2 Å². The highest BCUT2D eigenvalue weighted by Gasteiger charge is 2.13. The zero-order valence-corrected chi connectivity index (χ0v) is 14.8. The Morgan fingerprint density at radius 2 is 1.64 bits per heavy atom. The van der Waals surface area contributed by atoms with Crippen LogP contribution < -0.4 is 5.43 Å². The number of halogens is 1. The Labute approximate surface area is 161 Å². The number of aromatic nitrogens is 1. The molecule has 0 saturated heterocycles. The molecule has 4 nitrogen and oxygen atoms in total. The third-order valence-electron chi connectivity index (χ3n) is 4.28. The van der Waals surface area contributed by atoms with Gasteiger partial charge in [-0.3, -0.25) is 4.79 Å². The minimum atomic E-state index is -0.339. The van der Waals surface area contributed by atoms with Crippen molar-refractivity contribution >= 4 is 23.0 Å². The molecule has 5 heteroatoms. The second-order valence-corrected chi connectivity index (χ2v) is 6.19. The molecule has 136 valence electrons. The summed E-state index contributed by atoms with van der Waals surface area (Å²) in [5.41, 5.74) is 6.09. The third kappa shape index (κ3) is 3.78. The number of hydrogen-bond acceptors (Lipinski definition) is 3. The van der Waals surface area contributed by atoms with Gasteiger partial charge in [-0.15, -0.1) is 0 Å². The molecular formula is C23H16FN3O. The fourth-order valence-corrected chi connectivity index (χ4v) is 2.89. The number of rotatable bonds is 4. The first-order valence-electron chi connectivity index (χ1n) is 8.75. The van der Waals surface area contributed by atoms with Gasteiger partial charge in [-0.2, -0.15) is 5.10 Å². The van der Waals surface area contributed by atoms with Gasteiger partial charge in [0.15, 0.2) is 0 Å². The normalized spacial score (nSPS) is 11.0. The molecule has 1 N–H and O–H groups in total. The minimum Gasteiger partial charge on any atom is -0.267 e. The van der Waals surface area contributed by atoms with E-state index in [1.807, 2.05) is 54.6 Å². The van der Waals surface area contributed by atoms with E-state index < -0.39 is 0 Å². The number of hydrazone groups is 1. The Balaban J connectivity index is 1.66. The molecule has 4 rings (SSSR count). The number of fused-ring (bicyclic) bond motifs is 1. The van der Waals surface area contributed by atoms with E-state index in [0.717, 1.165) is 16.5 Å². The van der Waals surface area contributed by atoms with Crippen LogP contribution in [0.15, 0.2) is 90.0 Å². The van der Waals surface area contributed by atoms with Crippen molar-refractivity contribution < 1.29 is 9.18 Å². The third-order valence-corrected chi connectivity index (χ3v) is 4.28. The lowest BCUT2D eigenvalue weighted by Crippen LogP contribution is -2.18. The largest absolute Gasteiger partial charge is 0.272 e. The Kier molecular flexibility index (Phi) is 4.89. The molecule has 4 aromatic rings. The summed E-state index contributed by atoms with van der Waals surface area (Å²) in [5.74, 6) is -0.660. The molecular weight excluding hydrogens is 353 g/mol. The van der Waals surface area contributed by atoms with E-state index in [4.69, 9.17) is 0 Å². The smallest absolute Gasteiger partial charge is 0.267 e. The summed E-state index contributed by atoms with van der Waals surface area (Å²) < 4.78 is 13.0. The Hall–Kier alpha value is -3.86. The number of hydrogen-bond donors (Lipinski definition) is 1. The molecule has 0 radical (unpaired) electrons. The quantitative estimate of drug-likeness (QED) is 0.415. The van der Waals surface area contributed by atoms with Crippen LogP contribution in [-0.2, 0) is 0 Å². The van der Waals surface area contributed by atoms with Crippen molar-refractivity contribution in [1.29, 1.82) is 0 Å². The number of carbonyl (C=O) groups excluding carboxylic acids is 1. The zero-order valence-electron chi connectivity index (χ0n) is 14.8. The van der Waals surface area contributed by atoms with Crippen LogP contribution in [0.5, 0.6) is 0 Å². The van der Waals surface area contributed by atoms with Crippen LogP contribution in [0.2, 0.25) is 0 Å². The van der Waals surface area contributed by atoms with Gasteiger partial charge in [-0.1, -0.05) is 60.7 Å². The van der Waals surface area contributed by atoms with E-state index in [1.165, 1.54) is 18.3 Å². The van der Waals surface area contributed by atoms with Crippen LogP contribution in [0, 0.1) is 5.82 Å². The lowest BCUT2D eigenvalue weighted by molar-refractivity contribution is 0.0956. The molecule has 1 amide bonds. The van der Waals surface area contributed by atoms with Crippen molar-refractivity contribution in [3.8, 4) is 11.3 Å². The first-order chi connectivity index (χ1) is 13.7. The molecule has 0 aliphatic carbocycles. The summed E-state index contributed by atoms with van der Waals surface area (Å²) in [7, 11) is 0. The zero-order chi connectivity index (χ0) is 19.3. The van der Waals surface area contributed by atoms with Gasteiger partial charge in [-0.05, 0) is 29.8 Å². The van der Waals surface area contributed by atoms with Gasteiger partial charge in [0.1, 0.15) is 5.82 Å². The van der Waals surface area contributed by atoms with Gasteiger partial charge in [0.25, 0.3) is 5.91 Å². The second kappa shape index (κ2) is 7.80. The van der Waals surface area contributed by atoms with Crippen LogP contribution in [-0.4, -0.2) is 17.1 Å². The molecule has 0 aliphatic heterocycles. The number of benzene rings is 3. The Morgan fingerprint density at radius 1 is 0.929 bits per heavy atom. The van der Waals surface area contributed by atoms with E-state index in [-0.39, 0.29) is 11.7 Å². The Bertz CT molecular complexity index is 1160. The number of carbonyl (C=O) groups is 1. The van der Waals surface area contributed by atoms with Gasteiger partial charge in [0.2, 0.25) is 0 Å². The van der Waals surface area contributed by atoms with E-state index in [9.17, 15) is 9.18 Å². The van der Waals surface area contributed by atoms with Crippen LogP contribution in [0.3, 0.4) is 0 Å². The lowest BCUT2D eigenvalue weighted by atomic mass is 10.0. The van der Waals surface area contributed by atoms with Gasteiger partial charge in [0, 0.05) is 10.9 Å². The van der Waals surface area contributed by atoms with Gasteiger partial charge in [-0.25, -0.2) is 14.8 Å². The van der Waals surface area contributed by atoms with Gasteiger partial charge < -0.3 is 0 Å². The standard InChI is InChI=1S/C23H16FN3O/c24-18-12-10-16(11-13-18)15-25-27-23(28)20-14-22(17-6-2-1-3-7-17)26-21-9-5-4-8-19(20)21/h1-15H,(H,27,28)/b25-15+. The molecule has 1 aromatic heterocycles. The summed E-state index contributed by atoms with van der Waals surface area (Å²) in [6.45, 7) is 0. The minimum absolute atomic E-state index is 0.321. The number of nitrogens with one attached hydrogen (secondary N) is 1. The predicted octanol–water partition coefficient (Wildman–Crippen LogP) is 4.80. The van der Waals surface area contributed by atoms with Crippen LogP contribution in [0.25, 0.3) is 22.2 Å². The summed E-state index contributed by atoms with van der Waals surface area (Å²) >= 11 is 0. The maximum atomic E-state index is 13.0. The average Bonchev–Trinajstić information content (AvgIpc) is 2.75. The molecule has 0 spiro atoms. The summed E-state index contributed by atoms with van der Waals surface area (Å²) in [6.07, 6.45) is 1.47. The molecule has 0 unspecified atom stereocenters. The van der Waals surface area contributed by atoms with Gasteiger partial charge >= 0.3 is 0 Å². The molecule has 3 aromatic carbocycles. The highest BCUT2D eigenvalue weighted by Crippen LogP contribution is 2.24. The predicted molar refractivity (Wildman–Crippen MR) is 109 cm³/mol. The van der Waals surface area contributed by atoms with Crippen molar-refractivity contribution in [2.24, 2.45) is 5.10 Å². The molecule has 28 heavy (non-hydrogen) atoms. The number of para-hydroxylation sites is 1. The second-order valence-electron chi connectivity index (χ2n) is 6.19. The first kappa shape index (κ1) is 17.5. The summed E-state index contributed by atoms with van der Waals surface area (Å²) in [6, 6.07) is 24.8. The van der Waals surface area contributed by atoms with Crippen molar-refractivity contribution in [2.75, 3.05) is 0 Å². The van der Waals surface area contributed by atoms with Crippen LogP contribution in [0.1, 0.15) is 15.9 Å². The van der Waals surface area contributed by atoms with Crippen molar-refractivity contribution in [1.82, 2.24) is 10.4 Å². The molecule has 0 aliphatic rings. The summed E-state index contributed by atoms with van der Waals surface area (Å²) in [4.78, 5) is 17.4. The van der Waals surface area contributed by atoms with Crippen molar-refractivity contribution in [3.63, 3.8) is 0 Å². The first-order valence-corrected chi connectivity index (χ1v) is 8.75. The monoisotopic (exact) mass is 369 g/mol. The Morgan fingerprint density at radius 3 is 2.43 bits per heavy atom. The molecule has 1 heterocycles. The number of amides is 1. The van der Waals surface area contributed by atoms with E-state index in [2.05, 4.69) is 15.5 Å². The van der Waals surface area contributed by atoms with Crippen molar-refractivity contribution in [2.45, 2.75) is 0 Å². The molecule has 0 saturated carbocycles. The maximum Gasteiger partial charge on any atom is 0.272 e. The molecule has 0 bridgehead atoms. The highest BCUT2D eigenvalue weighted by molar-refractivity contribution is 6.07. The fourth-order valence-electron chi connectivity index (χ4n) is 2.89. The summed E-state index contributed by atoms with van der Waals surface area (Å²) in [5, 5.41) is 4.74. The van der Waals surface area contributed by atoms with Crippen molar-refractivity contribution in [3.05, 3.63) is 102 Å².